The van der Waals surface area contributed by atoms with Crippen LogP contribution in [-0.2, 0) is 14.3 Å². The van der Waals surface area contributed by atoms with Crippen molar-refractivity contribution in [2.75, 3.05) is 26.2 Å². The number of nitrogens with one attached hydrogen (secondary N) is 1. The summed E-state index contributed by atoms with van der Waals surface area (Å²) in [6.45, 7) is 1.42. The Labute approximate surface area is 173 Å². The normalized spacial score (nSPS) is 21.0. The van der Waals surface area contributed by atoms with Gasteiger partial charge in [-0.25, -0.2) is 0 Å². The predicted molar refractivity (Wildman–Crippen MR) is 104 cm³/mol. The molecule has 9 heteroatoms. The van der Waals surface area contributed by atoms with Gasteiger partial charge < -0.3 is 10.1 Å². The van der Waals surface area contributed by atoms with Gasteiger partial charge in [-0.15, -0.1) is 0 Å². The zero-order valence-electron chi connectivity index (χ0n) is 16.5. The van der Waals surface area contributed by atoms with Gasteiger partial charge in [0.25, 0.3) is 17.7 Å². The second-order valence-corrected chi connectivity index (χ2v) is 7.66. The minimum Gasteiger partial charge on any atom is -0.376 e. The van der Waals surface area contributed by atoms with E-state index in [1.54, 1.807) is 0 Å². The maximum Gasteiger partial charge on any atom is 0.261 e. The summed E-state index contributed by atoms with van der Waals surface area (Å²) in [5.41, 5.74) is 0.793. The van der Waals surface area contributed by atoms with E-state index in [1.165, 1.54) is 28.0 Å². The number of amides is 5. The molecule has 0 saturated carbocycles. The fourth-order valence-electron chi connectivity index (χ4n) is 4.00. The summed E-state index contributed by atoms with van der Waals surface area (Å²) < 4.78 is 5.52. The summed E-state index contributed by atoms with van der Waals surface area (Å²) >= 11 is 0. The van der Waals surface area contributed by atoms with Gasteiger partial charge in [0.05, 0.1) is 23.8 Å². The van der Waals surface area contributed by atoms with Gasteiger partial charge in [-0.1, -0.05) is 0 Å². The monoisotopic (exact) mass is 413 g/mol. The molecule has 5 amide bonds. The Hall–Kier alpha value is -3.07. The van der Waals surface area contributed by atoms with Crippen molar-refractivity contribution in [1.82, 2.24) is 15.1 Å². The maximum atomic E-state index is 12.7. The van der Waals surface area contributed by atoms with Crippen LogP contribution in [0.1, 0.15) is 63.2 Å². The van der Waals surface area contributed by atoms with Crippen LogP contribution in [0.5, 0.6) is 0 Å². The molecule has 4 rings (SSSR count). The van der Waals surface area contributed by atoms with E-state index in [0.29, 0.717) is 18.6 Å². The number of nitrogens with zero attached hydrogens (tertiary/aromatic N) is 2. The SMILES string of the molecule is O=C(NCCCN1C(=O)CCC1=O)c1ccc2c(c1)C(=O)N(CC1CCCO1)C2=O. The first-order chi connectivity index (χ1) is 14.5. The predicted octanol–water partition coefficient (Wildman–Crippen LogP) is 0.730. The number of hydrogen-bond donors (Lipinski definition) is 1. The minimum atomic E-state index is -0.411. The molecule has 158 valence electrons. The highest BCUT2D eigenvalue weighted by molar-refractivity contribution is 6.22. The Morgan fingerprint density at radius 1 is 1.03 bits per heavy atom. The Morgan fingerprint density at radius 2 is 1.77 bits per heavy atom. The van der Waals surface area contributed by atoms with Gasteiger partial charge in [0, 0.05) is 38.1 Å². The molecule has 3 aliphatic heterocycles. The number of hydrogen-bond acceptors (Lipinski definition) is 6. The molecular weight excluding hydrogens is 390 g/mol. The molecule has 0 spiro atoms. The molecule has 0 aliphatic carbocycles. The molecule has 3 aliphatic rings. The van der Waals surface area contributed by atoms with Crippen molar-refractivity contribution in [3.05, 3.63) is 34.9 Å². The van der Waals surface area contributed by atoms with Crippen LogP contribution >= 0.6 is 0 Å². The van der Waals surface area contributed by atoms with E-state index in [2.05, 4.69) is 5.32 Å². The van der Waals surface area contributed by atoms with Crippen molar-refractivity contribution in [1.29, 1.82) is 0 Å². The molecule has 1 atom stereocenters. The fraction of sp³-hybridized carbons (Fsp3) is 0.476. The number of carbonyl (C=O) groups is 5. The molecule has 0 bridgehead atoms. The topological polar surface area (TPSA) is 113 Å². The van der Waals surface area contributed by atoms with Crippen LogP contribution in [0.2, 0.25) is 0 Å². The zero-order valence-corrected chi connectivity index (χ0v) is 16.5. The van der Waals surface area contributed by atoms with E-state index in [1.807, 2.05) is 0 Å². The minimum absolute atomic E-state index is 0.135. The number of ether oxygens (including phenoxy) is 1. The van der Waals surface area contributed by atoms with Crippen molar-refractivity contribution in [2.24, 2.45) is 0 Å². The second kappa shape index (κ2) is 8.35. The summed E-state index contributed by atoms with van der Waals surface area (Å²) in [7, 11) is 0. The van der Waals surface area contributed by atoms with Crippen LogP contribution in [0.25, 0.3) is 0 Å². The molecule has 2 saturated heterocycles. The number of benzene rings is 1. The van der Waals surface area contributed by atoms with E-state index < -0.39 is 5.91 Å². The standard InChI is InChI=1S/C21H23N3O6/c25-17-6-7-18(26)23(17)9-2-8-22-19(27)13-4-5-15-16(11-13)21(29)24(20(15)28)12-14-3-1-10-30-14/h4-5,11,14H,1-3,6-10,12H2,(H,22,27). The van der Waals surface area contributed by atoms with Crippen LogP contribution in [0.4, 0.5) is 0 Å². The molecule has 9 nitrogen and oxygen atoms in total. The van der Waals surface area contributed by atoms with Crippen molar-refractivity contribution in [3.8, 4) is 0 Å². The molecule has 3 heterocycles. The van der Waals surface area contributed by atoms with E-state index in [-0.39, 0.29) is 73.3 Å². The number of rotatable bonds is 7. The highest BCUT2D eigenvalue weighted by atomic mass is 16.5. The van der Waals surface area contributed by atoms with E-state index in [4.69, 9.17) is 4.74 Å². The summed E-state index contributed by atoms with van der Waals surface area (Å²) in [5.74, 6) is -1.51. The second-order valence-electron chi connectivity index (χ2n) is 7.66. The molecule has 1 N–H and O–H groups in total. The van der Waals surface area contributed by atoms with Crippen LogP contribution in [0.3, 0.4) is 0 Å². The average molecular weight is 413 g/mol. The van der Waals surface area contributed by atoms with Crippen molar-refractivity contribution >= 4 is 29.5 Å². The maximum absolute atomic E-state index is 12.7. The molecule has 0 radical (unpaired) electrons. The van der Waals surface area contributed by atoms with E-state index in [9.17, 15) is 24.0 Å². The van der Waals surface area contributed by atoms with E-state index >= 15 is 0 Å². The lowest BCUT2D eigenvalue weighted by Crippen LogP contribution is -2.36. The van der Waals surface area contributed by atoms with Crippen molar-refractivity contribution in [3.63, 3.8) is 0 Å². The highest BCUT2D eigenvalue weighted by Gasteiger charge is 2.38. The lowest BCUT2D eigenvalue weighted by molar-refractivity contribution is -0.138. The number of carbonyl (C=O) groups excluding carboxylic acids is 5. The lowest BCUT2D eigenvalue weighted by Gasteiger charge is -2.17. The zero-order chi connectivity index (χ0) is 21.3. The van der Waals surface area contributed by atoms with Gasteiger partial charge >= 0.3 is 0 Å². The van der Waals surface area contributed by atoms with Gasteiger partial charge in [-0.2, -0.15) is 0 Å². The summed E-state index contributed by atoms with van der Waals surface area (Å²) in [6.07, 6.45) is 2.53. The van der Waals surface area contributed by atoms with Crippen LogP contribution < -0.4 is 5.32 Å². The van der Waals surface area contributed by atoms with Gasteiger partial charge in [-0.3, -0.25) is 33.8 Å². The van der Waals surface area contributed by atoms with E-state index in [0.717, 1.165) is 12.8 Å². The summed E-state index contributed by atoms with van der Waals surface area (Å²) in [5, 5.41) is 2.72. The van der Waals surface area contributed by atoms with Gasteiger partial charge in [0.1, 0.15) is 0 Å². The average Bonchev–Trinajstić information content (AvgIpc) is 3.43. The van der Waals surface area contributed by atoms with Crippen molar-refractivity contribution < 1.29 is 28.7 Å². The first-order valence-corrected chi connectivity index (χ1v) is 10.2. The third kappa shape index (κ3) is 3.85. The molecule has 1 aromatic rings. The van der Waals surface area contributed by atoms with Gasteiger partial charge in [-0.05, 0) is 37.5 Å². The first kappa shape index (κ1) is 20.2. The molecular formula is C21H23N3O6. The number of likely N-dealkylation sites (tertiary alicyclic amines) is 1. The first-order valence-electron chi connectivity index (χ1n) is 10.2. The molecule has 30 heavy (non-hydrogen) atoms. The number of fused-ring (bicyclic) bond motifs is 1. The molecule has 1 aromatic carbocycles. The third-order valence-corrected chi connectivity index (χ3v) is 5.64. The van der Waals surface area contributed by atoms with Crippen LogP contribution in [-0.4, -0.2) is 71.7 Å². The van der Waals surface area contributed by atoms with Gasteiger partial charge in [0.15, 0.2) is 0 Å². The molecule has 2 fully saturated rings. The number of imide groups is 2. The smallest absolute Gasteiger partial charge is 0.261 e. The Kier molecular flexibility index (Phi) is 5.63. The van der Waals surface area contributed by atoms with Crippen LogP contribution in [0, 0.1) is 0 Å². The largest absolute Gasteiger partial charge is 0.376 e. The Morgan fingerprint density at radius 3 is 2.47 bits per heavy atom. The Bertz CT molecular complexity index is 905. The summed E-state index contributed by atoms with van der Waals surface area (Å²) in [6, 6.07) is 4.46. The quantitative estimate of drug-likeness (QED) is 0.521. The highest BCUT2D eigenvalue weighted by Crippen LogP contribution is 2.26. The lowest BCUT2D eigenvalue weighted by atomic mass is 10.1. The summed E-state index contributed by atoms with van der Waals surface area (Å²) in [4.78, 5) is 63.2. The van der Waals surface area contributed by atoms with Gasteiger partial charge in [0.2, 0.25) is 11.8 Å². The van der Waals surface area contributed by atoms with Crippen molar-refractivity contribution in [2.45, 2.75) is 38.2 Å². The molecule has 0 aromatic heterocycles. The molecule has 1 unspecified atom stereocenters. The van der Waals surface area contributed by atoms with Crippen LogP contribution in [0.15, 0.2) is 18.2 Å². The Balaban J connectivity index is 1.34. The fourth-order valence-corrected chi connectivity index (χ4v) is 4.00. The third-order valence-electron chi connectivity index (χ3n) is 5.64.